The molecule has 3 rings (SSSR count). The van der Waals surface area contributed by atoms with E-state index in [4.69, 9.17) is 10.3 Å². The molecule has 1 heterocycles. The minimum absolute atomic E-state index is 0.0746. The number of hydrogen-bond donors (Lipinski definition) is 2. The van der Waals surface area contributed by atoms with Crippen molar-refractivity contribution in [3.63, 3.8) is 0 Å². The molecular weight excluding hydrogens is 261 g/mol. The first kappa shape index (κ1) is 12.2. The summed E-state index contributed by atoms with van der Waals surface area (Å²) in [5, 5.41) is 13.0. The minimum Gasteiger partial charge on any atom is -0.508 e. The van der Waals surface area contributed by atoms with Crippen LogP contribution in [0.5, 0.6) is 5.75 Å². The fourth-order valence-electron chi connectivity index (χ4n) is 1.77. The molecule has 0 bridgehead atoms. The van der Waals surface area contributed by atoms with Crippen LogP contribution in [0.3, 0.4) is 0 Å². The van der Waals surface area contributed by atoms with Crippen molar-refractivity contribution in [2.45, 2.75) is 0 Å². The largest absolute Gasteiger partial charge is 0.508 e. The van der Waals surface area contributed by atoms with Crippen molar-refractivity contribution in [2.75, 3.05) is 5.73 Å². The van der Waals surface area contributed by atoms with Gasteiger partial charge in [0.1, 0.15) is 11.6 Å². The van der Waals surface area contributed by atoms with Gasteiger partial charge >= 0.3 is 0 Å². The Morgan fingerprint density at radius 1 is 1.10 bits per heavy atom. The van der Waals surface area contributed by atoms with Gasteiger partial charge in [0.2, 0.25) is 5.82 Å². The maximum Gasteiger partial charge on any atom is 0.261 e. The van der Waals surface area contributed by atoms with Crippen molar-refractivity contribution in [1.29, 1.82) is 0 Å². The molecule has 3 N–H and O–H groups in total. The molecule has 0 saturated heterocycles. The number of nitrogens with zero attached hydrogens (tertiary/aromatic N) is 2. The fourth-order valence-corrected chi connectivity index (χ4v) is 1.77. The molecule has 0 aliphatic carbocycles. The number of hydrogen-bond acceptors (Lipinski definition) is 5. The molecule has 0 fully saturated rings. The lowest BCUT2D eigenvalue weighted by molar-refractivity contribution is 0.429. The Balaban J connectivity index is 1.99. The molecule has 2 aromatic carbocycles. The summed E-state index contributed by atoms with van der Waals surface area (Å²) in [5.41, 5.74) is 6.66. The molecule has 5 nitrogen and oxygen atoms in total. The standard InChI is InChI=1S/C14H10FN3O2/c15-12-7-9(16)3-6-11(12)14-17-13(18-20-14)8-1-4-10(19)5-2-8/h1-7,19H,16H2. The van der Waals surface area contributed by atoms with Crippen LogP contribution in [0.1, 0.15) is 0 Å². The summed E-state index contributed by atoms with van der Waals surface area (Å²) in [6.07, 6.45) is 0. The summed E-state index contributed by atoms with van der Waals surface area (Å²) in [4.78, 5) is 4.13. The molecule has 0 atom stereocenters. The number of phenols is 1. The van der Waals surface area contributed by atoms with Crippen LogP contribution in [0, 0.1) is 5.82 Å². The van der Waals surface area contributed by atoms with Crippen LogP contribution in [0.4, 0.5) is 10.1 Å². The van der Waals surface area contributed by atoms with E-state index in [0.717, 1.165) is 0 Å². The van der Waals surface area contributed by atoms with Gasteiger partial charge in [-0.3, -0.25) is 0 Å². The molecule has 0 radical (unpaired) electrons. The molecule has 0 spiro atoms. The summed E-state index contributed by atoms with van der Waals surface area (Å²) in [6.45, 7) is 0. The minimum atomic E-state index is -0.522. The van der Waals surface area contributed by atoms with Gasteiger partial charge in [-0.05, 0) is 42.5 Å². The zero-order valence-corrected chi connectivity index (χ0v) is 10.2. The van der Waals surface area contributed by atoms with Gasteiger partial charge in [0.15, 0.2) is 0 Å². The third-order valence-electron chi connectivity index (χ3n) is 2.78. The molecular formula is C14H10FN3O2. The number of nitrogen functional groups attached to an aromatic ring is 1. The van der Waals surface area contributed by atoms with Gasteiger partial charge < -0.3 is 15.4 Å². The van der Waals surface area contributed by atoms with Crippen LogP contribution in [0.15, 0.2) is 47.0 Å². The molecule has 0 saturated carbocycles. The number of rotatable bonds is 2. The van der Waals surface area contributed by atoms with Gasteiger partial charge in [0.25, 0.3) is 5.89 Å². The van der Waals surface area contributed by atoms with Crippen molar-refractivity contribution < 1.29 is 14.0 Å². The lowest BCUT2D eigenvalue weighted by Crippen LogP contribution is -1.89. The molecule has 0 aliphatic rings. The number of aromatic nitrogens is 2. The van der Waals surface area contributed by atoms with Gasteiger partial charge in [-0.2, -0.15) is 4.98 Å². The number of halogens is 1. The SMILES string of the molecule is Nc1ccc(-c2nc(-c3ccc(O)cc3)no2)c(F)c1. The predicted molar refractivity (Wildman–Crippen MR) is 71.2 cm³/mol. The average molecular weight is 271 g/mol. The molecule has 0 amide bonds. The van der Waals surface area contributed by atoms with Crippen molar-refractivity contribution >= 4 is 5.69 Å². The number of aromatic hydroxyl groups is 1. The molecule has 0 aliphatic heterocycles. The fraction of sp³-hybridized carbons (Fsp3) is 0. The number of benzene rings is 2. The van der Waals surface area contributed by atoms with E-state index in [2.05, 4.69) is 10.1 Å². The van der Waals surface area contributed by atoms with E-state index in [1.165, 1.54) is 24.3 Å². The Bertz CT molecular complexity index is 753. The molecule has 20 heavy (non-hydrogen) atoms. The molecule has 0 unspecified atom stereocenters. The zero-order chi connectivity index (χ0) is 14.1. The number of anilines is 1. The van der Waals surface area contributed by atoms with E-state index in [0.29, 0.717) is 17.1 Å². The smallest absolute Gasteiger partial charge is 0.261 e. The first-order valence-electron chi connectivity index (χ1n) is 5.82. The lowest BCUT2D eigenvalue weighted by atomic mass is 10.2. The topological polar surface area (TPSA) is 85.2 Å². The van der Waals surface area contributed by atoms with Crippen LogP contribution in [-0.2, 0) is 0 Å². The van der Waals surface area contributed by atoms with Crippen LogP contribution >= 0.6 is 0 Å². The van der Waals surface area contributed by atoms with Gasteiger partial charge in [0.05, 0.1) is 5.56 Å². The van der Waals surface area contributed by atoms with Crippen LogP contribution in [-0.4, -0.2) is 15.2 Å². The zero-order valence-electron chi connectivity index (χ0n) is 10.2. The number of nitrogens with two attached hydrogens (primary N) is 1. The third kappa shape index (κ3) is 2.18. The van der Waals surface area contributed by atoms with Gasteiger partial charge in [-0.1, -0.05) is 5.16 Å². The maximum absolute atomic E-state index is 13.8. The second-order valence-electron chi connectivity index (χ2n) is 4.21. The van der Waals surface area contributed by atoms with E-state index in [1.54, 1.807) is 18.2 Å². The number of phenolic OH excluding ortho intramolecular Hbond substituents is 1. The first-order chi connectivity index (χ1) is 9.63. The maximum atomic E-state index is 13.8. The molecule has 100 valence electrons. The summed E-state index contributed by atoms with van der Waals surface area (Å²) in [5.74, 6) is 0.00903. The van der Waals surface area contributed by atoms with E-state index in [-0.39, 0.29) is 17.2 Å². The summed E-state index contributed by atoms with van der Waals surface area (Å²) >= 11 is 0. The normalized spacial score (nSPS) is 10.7. The highest BCUT2D eigenvalue weighted by atomic mass is 19.1. The van der Waals surface area contributed by atoms with E-state index >= 15 is 0 Å². The Kier molecular flexibility index (Phi) is 2.83. The van der Waals surface area contributed by atoms with E-state index < -0.39 is 5.82 Å². The highest BCUT2D eigenvalue weighted by molar-refractivity contribution is 5.62. The lowest BCUT2D eigenvalue weighted by Gasteiger charge is -1.98. The monoisotopic (exact) mass is 271 g/mol. The quantitative estimate of drug-likeness (QED) is 0.700. The second-order valence-corrected chi connectivity index (χ2v) is 4.21. The first-order valence-corrected chi connectivity index (χ1v) is 5.82. The van der Waals surface area contributed by atoms with Crippen molar-refractivity contribution in [1.82, 2.24) is 10.1 Å². The second kappa shape index (κ2) is 4.65. The highest BCUT2D eigenvalue weighted by Gasteiger charge is 2.14. The Hall–Kier alpha value is -2.89. The van der Waals surface area contributed by atoms with Gasteiger partial charge in [-0.15, -0.1) is 0 Å². The van der Waals surface area contributed by atoms with E-state index in [9.17, 15) is 9.50 Å². The summed E-state index contributed by atoms with van der Waals surface area (Å²) < 4.78 is 18.8. The Morgan fingerprint density at radius 3 is 2.55 bits per heavy atom. The van der Waals surface area contributed by atoms with Crippen LogP contribution < -0.4 is 5.73 Å². The van der Waals surface area contributed by atoms with Gasteiger partial charge in [-0.25, -0.2) is 4.39 Å². The predicted octanol–water partition coefficient (Wildman–Crippen LogP) is 2.83. The molecule has 1 aromatic heterocycles. The van der Waals surface area contributed by atoms with Gasteiger partial charge in [0, 0.05) is 11.3 Å². The van der Waals surface area contributed by atoms with Crippen molar-refractivity contribution in [2.24, 2.45) is 0 Å². The highest BCUT2D eigenvalue weighted by Crippen LogP contribution is 2.26. The average Bonchev–Trinajstić information content (AvgIpc) is 2.89. The summed E-state index contributed by atoms with van der Waals surface area (Å²) in [7, 11) is 0. The third-order valence-corrected chi connectivity index (χ3v) is 2.78. The molecule has 6 heteroatoms. The van der Waals surface area contributed by atoms with Crippen LogP contribution in [0.2, 0.25) is 0 Å². The van der Waals surface area contributed by atoms with Crippen molar-refractivity contribution in [3.05, 3.63) is 48.3 Å². The summed E-state index contributed by atoms with van der Waals surface area (Å²) in [6, 6.07) is 10.5. The van der Waals surface area contributed by atoms with E-state index in [1.807, 2.05) is 0 Å². The van der Waals surface area contributed by atoms with Crippen molar-refractivity contribution in [3.8, 4) is 28.6 Å². The molecule has 3 aromatic rings. The van der Waals surface area contributed by atoms with Crippen LogP contribution in [0.25, 0.3) is 22.8 Å². The Morgan fingerprint density at radius 2 is 1.85 bits per heavy atom. The Labute approximate surface area is 113 Å².